The molecule has 5 rings (SSSR count). The van der Waals surface area contributed by atoms with E-state index >= 15 is 0 Å². The molecule has 1 amide bonds. The number of aromatic nitrogens is 2. The van der Waals surface area contributed by atoms with E-state index in [2.05, 4.69) is 43.4 Å². The largest absolute Gasteiger partial charge is 0.497 e. The summed E-state index contributed by atoms with van der Waals surface area (Å²) in [5.41, 5.74) is 5.70. The smallest absolute Gasteiger partial charge is 0.224 e. The van der Waals surface area contributed by atoms with Crippen molar-refractivity contribution in [2.24, 2.45) is 0 Å². The number of carbonyl (C=O) groups excluding carboxylic acids is 1. The van der Waals surface area contributed by atoms with E-state index in [1.54, 1.807) is 13.3 Å². The maximum Gasteiger partial charge on any atom is 0.224 e. The van der Waals surface area contributed by atoms with Crippen molar-refractivity contribution in [1.82, 2.24) is 14.9 Å². The zero-order valence-corrected chi connectivity index (χ0v) is 21.8. The highest BCUT2D eigenvalue weighted by molar-refractivity contribution is 7.80. The SMILES string of the molecule is CCC(=O)Nc1ccc(N2C(=S)N[C@H](c3ccccn3)[C@H]2c2cccn2-c2ccc(OC)cc2)cc1C. The van der Waals surface area contributed by atoms with Crippen molar-refractivity contribution in [3.63, 3.8) is 0 Å². The number of benzene rings is 2. The Hall–Kier alpha value is -4.17. The van der Waals surface area contributed by atoms with Crippen molar-refractivity contribution in [3.8, 4) is 11.4 Å². The number of thiocarbonyl (C=S) groups is 1. The minimum atomic E-state index is -0.171. The van der Waals surface area contributed by atoms with E-state index in [0.717, 1.165) is 39.8 Å². The van der Waals surface area contributed by atoms with Gasteiger partial charge in [-0.3, -0.25) is 9.78 Å². The first-order valence-corrected chi connectivity index (χ1v) is 12.6. The lowest BCUT2D eigenvalue weighted by Gasteiger charge is -2.29. The third kappa shape index (κ3) is 4.80. The number of methoxy groups -OCH3 is 1. The fraction of sp³-hybridized carbons (Fsp3) is 0.207. The molecule has 0 saturated carbocycles. The number of carbonyl (C=O) groups is 1. The van der Waals surface area contributed by atoms with Gasteiger partial charge in [0.25, 0.3) is 0 Å². The molecular formula is C29H29N5O2S. The molecule has 4 aromatic rings. The predicted octanol–water partition coefficient (Wildman–Crippen LogP) is 5.71. The van der Waals surface area contributed by atoms with E-state index in [-0.39, 0.29) is 18.0 Å². The Morgan fingerprint density at radius 3 is 2.54 bits per heavy atom. The van der Waals surface area contributed by atoms with Crippen molar-refractivity contribution in [1.29, 1.82) is 0 Å². The molecule has 2 aromatic carbocycles. The first-order valence-electron chi connectivity index (χ1n) is 12.2. The molecule has 3 heterocycles. The molecule has 7 nitrogen and oxygen atoms in total. The third-order valence-electron chi connectivity index (χ3n) is 6.62. The van der Waals surface area contributed by atoms with Gasteiger partial charge in [-0.25, -0.2) is 0 Å². The molecule has 2 atom stereocenters. The fourth-order valence-electron chi connectivity index (χ4n) is 4.72. The Morgan fingerprint density at radius 1 is 1.08 bits per heavy atom. The van der Waals surface area contributed by atoms with Gasteiger partial charge in [-0.05, 0) is 91.4 Å². The zero-order valence-electron chi connectivity index (χ0n) is 21.0. The summed E-state index contributed by atoms with van der Waals surface area (Å²) in [7, 11) is 1.66. The topological polar surface area (TPSA) is 71.4 Å². The fourth-order valence-corrected chi connectivity index (χ4v) is 5.07. The van der Waals surface area contributed by atoms with Gasteiger partial charge < -0.3 is 24.8 Å². The third-order valence-corrected chi connectivity index (χ3v) is 6.93. The lowest BCUT2D eigenvalue weighted by molar-refractivity contribution is -0.115. The minimum absolute atomic E-state index is 0.0142. The molecule has 0 radical (unpaired) electrons. The van der Waals surface area contributed by atoms with Crippen LogP contribution >= 0.6 is 12.2 Å². The summed E-state index contributed by atoms with van der Waals surface area (Å²) in [5.74, 6) is 0.791. The second-order valence-electron chi connectivity index (χ2n) is 8.90. The molecular weight excluding hydrogens is 482 g/mol. The summed E-state index contributed by atoms with van der Waals surface area (Å²) in [5, 5.41) is 7.11. The second-order valence-corrected chi connectivity index (χ2v) is 9.29. The van der Waals surface area contributed by atoms with Crippen molar-refractivity contribution in [3.05, 3.63) is 102 Å². The van der Waals surface area contributed by atoms with Crippen molar-refractivity contribution >= 4 is 34.6 Å². The highest BCUT2D eigenvalue weighted by Gasteiger charge is 2.42. The Balaban J connectivity index is 1.60. The van der Waals surface area contributed by atoms with E-state index in [1.807, 2.05) is 74.5 Å². The lowest BCUT2D eigenvalue weighted by atomic mass is 10.00. The van der Waals surface area contributed by atoms with Gasteiger partial charge in [0, 0.05) is 41.6 Å². The number of nitrogens with zero attached hydrogens (tertiary/aromatic N) is 3. The number of anilines is 2. The first-order chi connectivity index (χ1) is 18.0. The molecule has 0 aliphatic carbocycles. The van der Waals surface area contributed by atoms with Crippen molar-refractivity contribution in [2.45, 2.75) is 32.4 Å². The van der Waals surface area contributed by atoms with Crippen LogP contribution < -0.4 is 20.3 Å². The monoisotopic (exact) mass is 511 g/mol. The van der Waals surface area contributed by atoms with Crippen LogP contribution in [0.5, 0.6) is 5.75 Å². The van der Waals surface area contributed by atoms with E-state index in [4.69, 9.17) is 17.0 Å². The van der Waals surface area contributed by atoms with Gasteiger partial charge >= 0.3 is 0 Å². The molecule has 0 spiro atoms. The second kappa shape index (κ2) is 10.4. The summed E-state index contributed by atoms with van der Waals surface area (Å²) in [6.45, 7) is 3.83. The average molecular weight is 512 g/mol. The number of pyridine rings is 1. The molecule has 1 aliphatic rings. The van der Waals surface area contributed by atoms with Crippen LogP contribution in [0.1, 0.15) is 42.4 Å². The summed E-state index contributed by atoms with van der Waals surface area (Å²) < 4.78 is 7.53. The summed E-state index contributed by atoms with van der Waals surface area (Å²) in [6.07, 6.45) is 4.29. The van der Waals surface area contributed by atoms with Gasteiger partial charge in [-0.15, -0.1) is 0 Å². The normalized spacial score (nSPS) is 16.9. The summed E-state index contributed by atoms with van der Waals surface area (Å²) >= 11 is 5.90. The highest BCUT2D eigenvalue weighted by Crippen LogP contribution is 2.43. The van der Waals surface area contributed by atoms with E-state index in [9.17, 15) is 4.79 Å². The highest BCUT2D eigenvalue weighted by atomic mass is 32.1. The van der Waals surface area contributed by atoms with Crippen LogP contribution in [0.4, 0.5) is 11.4 Å². The zero-order chi connectivity index (χ0) is 25.9. The molecule has 8 heteroatoms. The van der Waals surface area contributed by atoms with Crippen LogP contribution in [0.3, 0.4) is 0 Å². The van der Waals surface area contributed by atoms with Gasteiger partial charge in [0.05, 0.1) is 18.8 Å². The summed E-state index contributed by atoms with van der Waals surface area (Å²) in [4.78, 5) is 18.8. The number of amides is 1. The Labute approximate surface area is 222 Å². The Kier molecular flexibility index (Phi) is 6.92. The number of rotatable bonds is 7. The maximum atomic E-state index is 12.0. The van der Waals surface area contributed by atoms with Crippen LogP contribution in [-0.4, -0.2) is 27.7 Å². The predicted molar refractivity (Wildman–Crippen MR) is 150 cm³/mol. The van der Waals surface area contributed by atoms with Gasteiger partial charge in [-0.2, -0.15) is 0 Å². The molecule has 0 bridgehead atoms. The molecule has 2 N–H and O–H groups in total. The number of ether oxygens (including phenoxy) is 1. The van der Waals surface area contributed by atoms with Crippen LogP contribution in [0.15, 0.2) is 85.2 Å². The molecule has 37 heavy (non-hydrogen) atoms. The van der Waals surface area contributed by atoms with E-state index in [0.29, 0.717) is 11.5 Å². The molecule has 0 unspecified atom stereocenters. The molecule has 1 fully saturated rings. The van der Waals surface area contributed by atoms with Crippen LogP contribution in [0.25, 0.3) is 5.69 Å². The van der Waals surface area contributed by atoms with Crippen LogP contribution in [0.2, 0.25) is 0 Å². The van der Waals surface area contributed by atoms with Crippen molar-refractivity contribution < 1.29 is 9.53 Å². The first kappa shape index (κ1) is 24.5. The number of aryl methyl sites for hydroxylation is 1. The average Bonchev–Trinajstić information content (AvgIpc) is 3.54. The minimum Gasteiger partial charge on any atom is -0.497 e. The number of nitrogens with one attached hydrogen (secondary N) is 2. The Bertz CT molecular complexity index is 1420. The lowest BCUT2D eigenvalue weighted by Crippen LogP contribution is -2.30. The number of hydrogen-bond donors (Lipinski definition) is 2. The quantitative estimate of drug-likeness (QED) is 0.310. The van der Waals surface area contributed by atoms with Crippen molar-refractivity contribution in [2.75, 3.05) is 17.3 Å². The number of hydrogen-bond acceptors (Lipinski definition) is 4. The summed E-state index contributed by atoms with van der Waals surface area (Å²) in [6, 6.07) is 23.7. The van der Waals surface area contributed by atoms with Crippen LogP contribution in [0, 0.1) is 6.92 Å². The van der Waals surface area contributed by atoms with Gasteiger partial charge in [-0.1, -0.05) is 13.0 Å². The molecule has 2 aromatic heterocycles. The standard InChI is InChI=1S/C29H29N5O2S/c1-4-26(35)31-23-15-12-21(18-19(23)2)34-28(27(32-29(34)37)24-8-5-6-16-30-24)25-9-7-17-33(25)20-10-13-22(36-3)14-11-20/h5-18,27-28H,4H2,1-3H3,(H,31,35)(H,32,37)/t27-,28-/m1/s1. The molecule has 1 saturated heterocycles. The maximum absolute atomic E-state index is 12.0. The van der Waals surface area contributed by atoms with E-state index < -0.39 is 0 Å². The van der Waals surface area contributed by atoms with Gasteiger partial charge in [0.15, 0.2) is 5.11 Å². The molecule has 1 aliphatic heterocycles. The molecule has 188 valence electrons. The van der Waals surface area contributed by atoms with Crippen LogP contribution in [-0.2, 0) is 4.79 Å². The van der Waals surface area contributed by atoms with E-state index in [1.165, 1.54) is 0 Å². The van der Waals surface area contributed by atoms with Gasteiger partial charge in [0.1, 0.15) is 11.8 Å². The Morgan fingerprint density at radius 2 is 1.86 bits per heavy atom. The van der Waals surface area contributed by atoms with Gasteiger partial charge in [0.2, 0.25) is 5.91 Å².